The highest BCUT2D eigenvalue weighted by Crippen LogP contribution is 2.60. The number of anilines is 6. The van der Waals surface area contributed by atoms with Crippen LogP contribution in [0, 0.1) is 0 Å². The van der Waals surface area contributed by atoms with Gasteiger partial charge in [-0.15, -0.1) is 0 Å². The number of hydrogen-bond acceptors (Lipinski definition) is 2. The van der Waals surface area contributed by atoms with Crippen LogP contribution >= 0.6 is 0 Å². The van der Waals surface area contributed by atoms with Gasteiger partial charge in [0.15, 0.2) is 0 Å². The van der Waals surface area contributed by atoms with E-state index in [9.17, 15) is 0 Å². The van der Waals surface area contributed by atoms with Gasteiger partial charge in [-0.3, -0.25) is 0 Å². The number of benzene rings is 7. The third kappa shape index (κ3) is 4.17. The summed E-state index contributed by atoms with van der Waals surface area (Å²) in [4.78, 5) is 5.25. The Hall–Kier alpha value is -5.80. The average molecular weight is 733 g/mol. The van der Waals surface area contributed by atoms with Gasteiger partial charge in [0.05, 0.1) is 5.69 Å². The van der Waals surface area contributed by atoms with Gasteiger partial charge in [0, 0.05) is 44.8 Å². The Labute approximate surface area is 336 Å². The van der Waals surface area contributed by atoms with E-state index in [1.54, 1.807) is 11.1 Å². The van der Waals surface area contributed by atoms with Crippen molar-refractivity contribution in [2.24, 2.45) is 0 Å². The molecule has 3 heteroatoms. The molecule has 0 amide bonds. The zero-order valence-electron chi connectivity index (χ0n) is 32.5. The minimum atomic E-state index is 0.101. The first-order chi connectivity index (χ1) is 28.3. The second-order valence-corrected chi connectivity index (χ2v) is 17.7. The standard InChI is InChI=1S/C54H45BN2/c1-11-31-53(32-12-1)41-20-6-4-18-39(41)51-42(53)21-15-26-48(51)57-47-25-10-8-23-45(47)55-44-22-7-9-24-46(44)56(49-27-16-28-50(57)52(49)55)36-29-30-38-37-17-3-5-19-40(37)54(43(38)35-36)33-13-2-14-34-54/h3-10,15-30,35H,1-2,11-14,31-34H2. The zero-order chi connectivity index (χ0) is 37.3. The molecule has 0 atom stereocenters. The first kappa shape index (κ1) is 32.3. The van der Waals surface area contributed by atoms with Crippen LogP contribution in [0.3, 0.4) is 0 Å². The van der Waals surface area contributed by atoms with Crippen LogP contribution in [0.1, 0.15) is 86.5 Å². The van der Waals surface area contributed by atoms with Crippen molar-refractivity contribution in [3.8, 4) is 22.3 Å². The first-order valence-corrected chi connectivity index (χ1v) is 21.7. The van der Waals surface area contributed by atoms with Crippen molar-refractivity contribution in [2.45, 2.75) is 75.0 Å². The number of nitrogens with zero attached hydrogens (tertiary/aromatic N) is 2. The Morgan fingerprint density at radius 3 is 1.58 bits per heavy atom. The quantitative estimate of drug-likeness (QED) is 0.163. The lowest BCUT2D eigenvalue weighted by Crippen LogP contribution is -2.61. The van der Waals surface area contributed by atoms with Gasteiger partial charge in [-0.05, 0) is 123 Å². The maximum atomic E-state index is 2.64. The molecule has 2 nitrogen and oxygen atoms in total. The van der Waals surface area contributed by atoms with E-state index in [1.807, 2.05) is 0 Å². The molecule has 0 aromatic heterocycles. The molecule has 0 N–H and O–H groups in total. The molecule has 0 saturated heterocycles. The number of para-hydroxylation sites is 2. The third-order valence-corrected chi connectivity index (χ3v) is 15.2. The topological polar surface area (TPSA) is 6.48 Å². The van der Waals surface area contributed by atoms with E-state index in [0.717, 1.165) is 0 Å². The second kappa shape index (κ2) is 11.9. The summed E-state index contributed by atoms with van der Waals surface area (Å²) >= 11 is 0. The maximum Gasteiger partial charge on any atom is 0.252 e. The summed E-state index contributed by atoms with van der Waals surface area (Å²) in [7, 11) is 0. The second-order valence-electron chi connectivity index (χ2n) is 17.7. The van der Waals surface area contributed by atoms with Crippen LogP contribution in [0.25, 0.3) is 22.3 Å². The van der Waals surface area contributed by atoms with Gasteiger partial charge in [0.1, 0.15) is 0 Å². The van der Waals surface area contributed by atoms with Crippen molar-refractivity contribution in [3.63, 3.8) is 0 Å². The van der Waals surface area contributed by atoms with Gasteiger partial charge in [-0.1, -0.05) is 148 Å². The number of hydrogen-bond donors (Lipinski definition) is 0. The monoisotopic (exact) mass is 732 g/mol. The van der Waals surface area contributed by atoms with Crippen LogP contribution < -0.4 is 26.2 Å². The van der Waals surface area contributed by atoms with Gasteiger partial charge in [-0.25, -0.2) is 0 Å². The van der Waals surface area contributed by atoms with E-state index >= 15 is 0 Å². The van der Waals surface area contributed by atoms with Gasteiger partial charge < -0.3 is 9.80 Å². The molecule has 2 spiro atoms. The fourth-order valence-corrected chi connectivity index (χ4v) is 13.0. The van der Waals surface area contributed by atoms with Gasteiger partial charge >= 0.3 is 0 Å². The summed E-state index contributed by atoms with van der Waals surface area (Å²) in [5, 5.41) is 0. The van der Waals surface area contributed by atoms with Crippen LogP contribution in [-0.4, -0.2) is 6.71 Å². The molecule has 2 saturated carbocycles. The Morgan fingerprint density at radius 2 is 0.860 bits per heavy atom. The van der Waals surface area contributed by atoms with E-state index < -0.39 is 0 Å². The first-order valence-electron chi connectivity index (χ1n) is 21.7. The third-order valence-electron chi connectivity index (χ3n) is 15.2. The predicted molar refractivity (Wildman–Crippen MR) is 239 cm³/mol. The van der Waals surface area contributed by atoms with E-state index in [0.29, 0.717) is 0 Å². The maximum absolute atomic E-state index is 2.64. The lowest BCUT2D eigenvalue weighted by molar-refractivity contribution is 0.353. The SMILES string of the molecule is c1ccc2c(c1)B1c3ccccc3N(c3cccc4c3-c3ccccc3C43CCCCC3)c3cccc(c31)N2c1ccc2c(c1)C1(CCCCC1)c1ccccc1-2. The Kier molecular flexibility index (Phi) is 6.73. The molecule has 7 aromatic carbocycles. The Bertz CT molecular complexity index is 2800. The zero-order valence-corrected chi connectivity index (χ0v) is 32.5. The molecule has 2 fully saturated rings. The highest BCUT2D eigenvalue weighted by atomic mass is 15.2. The van der Waals surface area contributed by atoms with E-state index in [-0.39, 0.29) is 17.5 Å². The minimum absolute atomic E-state index is 0.101. The van der Waals surface area contributed by atoms with Crippen LogP contribution in [-0.2, 0) is 10.8 Å². The van der Waals surface area contributed by atoms with Gasteiger partial charge in [0.2, 0.25) is 0 Å². The minimum Gasteiger partial charge on any atom is -0.311 e. The molecule has 2 aliphatic heterocycles. The molecule has 57 heavy (non-hydrogen) atoms. The van der Waals surface area contributed by atoms with Crippen LogP contribution in [0.5, 0.6) is 0 Å². The summed E-state index contributed by atoms with van der Waals surface area (Å²) in [5.41, 5.74) is 24.0. The molecule has 13 rings (SSSR count). The van der Waals surface area contributed by atoms with Crippen molar-refractivity contribution in [1.29, 1.82) is 0 Å². The van der Waals surface area contributed by atoms with Gasteiger partial charge in [0.25, 0.3) is 6.71 Å². The largest absolute Gasteiger partial charge is 0.311 e. The van der Waals surface area contributed by atoms with Crippen molar-refractivity contribution in [1.82, 2.24) is 0 Å². The Balaban J connectivity index is 1.05. The summed E-state index contributed by atoms with van der Waals surface area (Å²) < 4.78 is 0. The number of rotatable bonds is 2. The molecular weight excluding hydrogens is 687 g/mol. The average Bonchev–Trinajstić information content (AvgIpc) is 3.70. The molecule has 4 aliphatic carbocycles. The van der Waals surface area contributed by atoms with Gasteiger partial charge in [-0.2, -0.15) is 0 Å². The molecule has 0 radical (unpaired) electrons. The Morgan fingerprint density at radius 1 is 0.368 bits per heavy atom. The van der Waals surface area contributed by atoms with E-state index in [1.165, 1.54) is 148 Å². The molecule has 7 aromatic rings. The fraction of sp³-hybridized carbons (Fsp3) is 0.222. The van der Waals surface area contributed by atoms with Crippen LogP contribution in [0.15, 0.2) is 152 Å². The fourth-order valence-electron chi connectivity index (χ4n) is 13.0. The summed E-state index contributed by atoms with van der Waals surface area (Å²) in [6.45, 7) is 0.133. The van der Waals surface area contributed by atoms with Crippen molar-refractivity contribution in [2.75, 3.05) is 9.80 Å². The summed E-state index contributed by atoms with van der Waals surface area (Å²) in [5.74, 6) is 0. The predicted octanol–water partition coefficient (Wildman–Crippen LogP) is 12.2. The lowest BCUT2D eigenvalue weighted by Gasteiger charge is -2.44. The van der Waals surface area contributed by atoms with Crippen LogP contribution in [0.2, 0.25) is 0 Å². The summed E-state index contributed by atoms with van der Waals surface area (Å²) in [6, 6.07) is 59.0. The smallest absolute Gasteiger partial charge is 0.252 e. The summed E-state index contributed by atoms with van der Waals surface area (Å²) in [6.07, 6.45) is 12.8. The highest BCUT2D eigenvalue weighted by molar-refractivity contribution is 7.00. The normalized spacial score (nSPS) is 18.4. The van der Waals surface area contributed by atoms with E-state index in [4.69, 9.17) is 0 Å². The lowest BCUT2D eigenvalue weighted by atomic mass is 9.33. The van der Waals surface area contributed by atoms with Crippen molar-refractivity contribution in [3.05, 3.63) is 174 Å². The molecule has 0 bridgehead atoms. The van der Waals surface area contributed by atoms with E-state index in [2.05, 4.69) is 161 Å². The molecule has 0 unspecified atom stereocenters. The molecular formula is C54H45BN2. The highest BCUT2D eigenvalue weighted by Gasteiger charge is 2.48. The van der Waals surface area contributed by atoms with Crippen molar-refractivity contribution < 1.29 is 0 Å². The molecule has 2 heterocycles. The number of fused-ring (bicyclic) bond motifs is 14. The molecule has 274 valence electrons. The molecule has 6 aliphatic rings. The van der Waals surface area contributed by atoms with Crippen LogP contribution in [0.4, 0.5) is 34.1 Å². The van der Waals surface area contributed by atoms with Crippen molar-refractivity contribution >= 4 is 57.2 Å².